The number of carboxylic acids is 1. The van der Waals surface area contributed by atoms with Crippen molar-refractivity contribution in [3.8, 4) is 0 Å². The highest BCUT2D eigenvalue weighted by Gasteiger charge is 2.37. The third kappa shape index (κ3) is 9.33. The van der Waals surface area contributed by atoms with Gasteiger partial charge in [-0.25, -0.2) is 4.79 Å². The smallest absolute Gasteiger partial charge is 0.327 e. The van der Waals surface area contributed by atoms with Crippen molar-refractivity contribution in [2.24, 2.45) is 5.41 Å². The summed E-state index contributed by atoms with van der Waals surface area (Å²) in [7, 11) is 0. The Kier molecular flexibility index (Phi) is 11.6. The van der Waals surface area contributed by atoms with Gasteiger partial charge in [0.05, 0.1) is 0 Å². The highest BCUT2D eigenvalue weighted by atomic mass is 16.4. The van der Waals surface area contributed by atoms with Crippen molar-refractivity contribution < 1.29 is 14.7 Å². The molecule has 1 heterocycles. The summed E-state index contributed by atoms with van der Waals surface area (Å²) >= 11 is 0. The molecule has 116 valence electrons. The molecule has 1 fully saturated rings. The fraction of sp³-hybridized carbons (Fsp3) is 0.600. The Balaban J connectivity index is 0. The van der Waals surface area contributed by atoms with Crippen LogP contribution in [0.4, 0.5) is 0 Å². The first-order valence-electron chi connectivity index (χ1n) is 6.76. The van der Waals surface area contributed by atoms with Crippen molar-refractivity contribution in [2.75, 3.05) is 19.6 Å². The van der Waals surface area contributed by atoms with E-state index in [0.29, 0.717) is 0 Å². The van der Waals surface area contributed by atoms with Gasteiger partial charge >= 0.3 is 5.97 Å². The predicted octanol–water partition coefficient (Wildman–Crippen LogP) is 2.26. The molecule has 5 heteroatoms. The number of rotatable bonds is 4. The molecular formula is C15H28N2O3. The number of hydrogen-bond acceptors (Lipinski definition) is 3. The van der Waals surface area contributed by atoms with Crippen LogP contribution in [0.25, 0.3) is 0 Å². The highest BCUT2D eigenvalue weighted by Crippen LogP contribution is 2.30. The molecule has 1 aliphatic rings. The molecule has 1 amide bonds. The van der Waals surface area contributed by atoms with Gasteiger partial charge in [-0.1, -0.05) is 40.9 Å². The topological polar surface area (TPSA) is 69.6 Å². The molecule has 0 radical (unpaired) electrons. The summed E-state index contributed by atoms with van der Waals surface area (Å²) in [6, 6.07) is 0. The van der Waals surface area contributed by atoms with E-state index in [2.05, 4.69) is 32.3 Å². The maximum atomic E-state index is 11.3. The van der Waals surface area contributed by atoms with Crippen LogP contribution in [0.2, 0.25) is 0 Å². The average Bonchev–Trinajstić information content (AvgIpc) is 2.66. The van der Waals surface area contributed by atoms with Gasteiger partial charge in [0, 0.05) is 18.0 Å². The minimum atomic E-state index is -0.981. The first kappa shape index (κ1) is 20.7. The van der Waals surface area contributed by atoms with Crippen LogP contribution < -0.4 is 5.32 Å². The van der Waals surface area contributed by atoms with Crippen molar-refractivity contribution >= 4 is 11.9 Å². The van der Waals surface area contributed by atoms with Crippen LogP contribution in [0, 0.1) is 5.41 Å². The zero-order valence-electron chi connectivity index (χ0n) is 13.1. The Morgan fingerprint density at radius 1 is 1.40 bits per heavy atom. The number of aliphatic carboxylic acids is 1. The number of carbonyl (C=O) groups is 2. The molecule has 1 saturated heterocycles. The molecule has 0 bridgehead atoms. The van der Waals surface area contributed by atoms with E-state index in [0.717, 1.165) is 32.1 Å². The summed E-state index contributed by atoms with van der Waals surface area (Å²) in [4.78, 5) is 22.2. The highest BCUT2D eigenvalue weighted by molar-refractivity contribution is 5.84. The summed E-state index contributed by atoms with van der Waals surface area (Å²) in [5, 5.41) is 10.7. The lowest BCUT2D eigenvalue weighted by molar-refractivity contribution is -0.132. The zero-order chi connectivity index (χ0) is 16.2. The van der Waals surface area contributed by atoms with Crippen LogP contribution in [-0.4, -0.2) is 41.5 Å². The standard InChI is InChI=1S/C8H13NO.C4H11N.C3H4O2/c1-4-9-6-5-8(2,3)7(9)10;1-3-5-4-2;1-2-3(4)5/h4H,1,5-6H2,2-3H3;5H,3-4H2,1-2H3;2H,1H2,(H,4,5). The SMILES string of the molecule is C=CC(=O)O.C=CN1CCC(C)(C)C1=O.CCNCC. The summed E-state index contributed by atoms with van der Waals surface area (Å²) in [6.45, 7) is 17.7. The van der Waals surface area contributed by atoms with Gasteiger partial charge in [0.25, 0.3) is 0 Å². The molecule has 0 saturated carbocycles. The molecule has 2 N–H and O–H groups in total. The third-order valence-corrected chi connectivity index (χ3v) is 2.71. The molecule has 0 spiro atoms. The number of carbonyl (C=O) groups excluding carboxylic acids is 1. The van der Waals surface area contributed by atoms with Crippen molar-refractivity contribution in [1.82, 2.24) is 10.2 Å². The first-order chi connectivity index (χ1) is 9.26. The lowest BCUT2D eigenvalue weighted by Crippen LogP contribution is -2.26. The van der Waals surface area contributed by atoms with E-state index in [9.17, 15) is 9.59 Å². The second-order valence-corrected chi connectivity index (χ2v) is 4.81. The molecule has 0 aromatic rings. The average molecular weight is 284 g/mol. The maximum absolute atomic E-state index is 11.3. The Morgan fingerprint density at radius 3 is 1.95 bits per heavy atom. The molecule has 0 aromatic carbocycles. The minimum Gasteiger partial charge on any atom is -0.478 e. The second-order valence-electron chi connectivity index (χ2n) is 4.81. The summed E-state index contributed by atoms with van der Waals surface area (Å²) in [5.41, 5.74) is -0.159. The molecule has 5 nitrogen and oxygen atoms in total. The van der Waals surface area contributed by atoms with Crippen LogP contribution in [0.5, 0.6) is 0 Å². The van der Waals surface area contributed by atoms with E-state index in [1.165, 1.54) is 0 Å². The monoisotopic (exact) mass is 284 g/mol. The number of hydrogen-bond donors (Lipinski definition) is 2. The molecule has 1 aliphatic heterocycles. The summed E-state index contributed by atoms with van der Waals surface area (Å²) < 4.78 is 0. The van der Waals surface area contributed by atoms with Gasteiger partial charge < -0.3 is 15.3 Å². The molecule has 20 heavy (non-hydrogen) atoms. The van der Waals surface area contributed by atoms with Gasteiger partial charge in [-0.05, 0) is 25.7 Å². The lowest BCUT2D eigenvalue weighted by Gasteiger charge is -2.14. The van der Waals surface area contributed by atoms with E-state index in [1.54, 1.807) is 11.1 Å². The lowest BCUT2D eigenvalue weighted by atomic mass is 9.92. The normalized spacial score (nSPS) is 15.4. The van der Waals surface area contributed by atoms with E-state index in [1.807, 2.05) is 13.8 Å². The molecular weight excluding hydrogens is 256 g/mol. The van der Waals surface area contributed by atoms with Crippen molar-refractivity contribution in [3.63, 3.8) is 0 Å². The zero-order valence-corrected chi connectivity index (χ0v) is 13.1. The maximum Gasteiger partial charge on any atom is 0.327 e. The van der Waals surface area contributed by atoms with Crippen LogP contribution in [0.15, 0.2) is 25.4 Å². The van der Waals surface area contributed by atoms with Gasteiger partial charge in [0.2, 0.25) is 5.91 Å². The minimum absolute atomic E-state index is 0.159. The predicted molar refractivity (Wildman–Crippen MR) is 82.4 cm³/mol. The summed E-state index contributed by atoms with van der Waals surface area (Å²) in [6.07, 6.45) is 3.38. The molecule has 0 unspecified atom stereocenters. The Bertz CT molecular complexity index is 323. The number of carboxylic acid groups (broad SMARTS) is 1. The van der Waals surface area contributed by atoms with Gasteiger partial charge in [0.15, 0.2) is 0 Å². The molecule has 0 aromatic heterocycles. The van der Waals surface area contributed by atoms with Crippen LogP contribution in [0.3, 0.4) is 0 Å². The molecule has 0 aliphatic carbocycles. The van der Waals surface area contributed by atoms with E-state index < -0.39 is 5.97 Å². The Labute approximate surface area is 122 Å². The second kappa shape index (κ2) is 11.2. The van der Waals surface area contributed by atoms with Gasteiger partial charge in [0.1, 0.15) is 0 Å². The number of amides is 1. The molecule has 0 atom stereocenters. The Morgan fingerprint density at radius 2 is 1.85 bits per heavy atom. The van der Waals surface area contributed by atoms with Gasteiger partial charge in [-0.3, -0.25) is 4.79 Å². The van der Waals surface area contributed by atoms with Crippen molar-refractivity contribution in [1.29, 1.82) is 0 Å². The van der Waals surface area contributed by atoms with Crippen molar-refractivity contribution in [2.45, 2.75) is 34.1 Å². The number of nitrogens with zero attached hydrogens (tertiary/aromatic N) is 1. The van der Waals surface area contributed by atoms with Crippen molar-refractivity contribution in [3.05, 3.63) is 25.4 Å². The van der Waals surface area contributed by atoms with Crippen LogP contribution in [-0.2, 0) is 9.59 Å². The first-order valence-corrected chi connectivity index (χ1v) is 6.76. The Hall–Kier alpha value is -1.62. The van der Waals surface area contributed by atoms with E-state index >= 15 is 0 Å². The van der Waals surface area contributed by atoms with Gasteiger partial charge in [-0.2, -0.15) is 0 Å². The van der Waals surface area contributed by atoms with Crippen LogP contribution >= 0.6 is 0 Å². The fourth-order valence-electron chi connectivity index (χ4n) is 1.42. The number of likely N-dealkylation sites (tertiary alicyclic amines) is 1. The number of nitrogens with one attached hydrogen (secondary N) is 1. The molecule has 1 rings (SSSR count). The van der Waals surface area contributed by atoms with Gasteiger partial charge in [-0.15, -0.1) is 0 Å². The fourth-order valence-corrected chi connectivity index (χ4v) is 1.42. The van der Waals surface area contributed by atoms with Crippen LogP contribution in [0.1, 0.15) is 34.1 Å². The van der Waals surface area contributed by atoms with E-state index in [-0.39, 0.29) is 11.3 Å². The third-order valence-electron chi connectivity index (χ3n) is 2.71. The van der Waals surface area contributed by atoms with E-state index in [4.69, 9.17) is 5.11 Å². The summed E-state index contributed by atoms with van der Waals surface area (Å²) in [5.74, 6) is -0.785. The quantitative estimate of drug-likeness (QED) is 0.777. The largest absolute Gasteiger partial charge is 0.478 e.